The number of aromatic nitrogens is 2. The van der Waals surface area contributed by atoms with E-state index in [4.69, 9.17) is 10.00 Å². The van der Waals surface area contributed by atoms with E-state index in [0.29, 0.717) is 13.2 Å². The smallest absolute Gasteiger partial charge is 0.330 e. The Morgan fingerprint density at radius 1 is 1.59 bits per heavy atom. The molecule has 0 N–H and O–H groups in total. The predicted molar refractivity (Wildman–Crippen MR) is 59.6 cm³/mol. The van der Waals surface area contributed by atoms with Crippen LogP contribution in [0.2, 0.25) is 0 Å². The summed E-state index contributed by atoms with van der Waals surface area (Å²) in [5.74, 6) is 0. The highest BCUT2D eigenvalue weighted by molar-refractivity contribution is 5.22. The monoisotopic (exact) mass is 235 g/mol. The van der Waals surface area contributed by atoms with E-state index < -0.39 is 11.2 Å². The normalized spacial score (nSPS) is 19.2. The summed E-state index contributed by atoms with van der Waals surface area (Å²) in [4.78, 5) is 23.3. The first-order valence-corrected chi connectivity index (χ1v) is 5.45. The Morgan fingerprint density at radius 3 is 2.94 bits per heavy atom. The van der Waals surface area contributed by atoms with Gasteiger partial charge in [0.1, 0.15) is 11.6 Å². The van der Waals surface area contributed by atoms with E-state index in [2.05, 4.69) is 0 Å². The zero-order chi connectivity index (χ0) is 12.4. The van der Waals surface area contributed by atoms with E-state index in [0.717, 1.165) is 17.4 Å². The van der Waals surface area contributed by atoms with Crippen LogP contribution in [0.1, 0.15) is 18.4 Å². The summed E-state index contributed by atoms with van der Waals surface area (Å²) in [6.07, 6.45) is 3.19. The Labute approximate surface area is 97.7 Å². The Morgan fingerprint density at radius 2 is 2.35 bits per heavy atom. The average molecular weight is 235 g/mol. The second-order valence-electron chi connectivity index (χ2n) is 4.09. The molecule has 0 spiro atoms. The van der Waals surface area contributed by atoms with Crippen molar-refractivity contribution in [3.63, 3.8) is 0 Å². The molecule has 1 atom stereocenters. The molecule has 1 fully saturated rings. The number of nitrogens with zero attached hydrogens (tertiary/aromatic N) is 3. The fraction of sp³-hybridized carbons (Fsp3) is 0.545. The molecule has 2 rings (SSSR count). The molecule has 1 aromatic heterocycles. The van der Waals surface area contributed by atoms with Crippen molar-refractivity contribution in [2.75, 3.05) is 6.61 Å². The lowest BCUT2D eigenvalue weighted by Gasteiger charge is -2.12. The molecule has 0 unspecified atom stereocenters. The zero-order valence-electron chi connectivity index (χ0n) is 9.55. The van der Waals surface area contributed by atoms with Crippen LogP contribution < -0.4 is 11.2 Å². The minimum Gasteiger partial charge on any atom is -0.376 e. The molecule has 90 valence electrons. The van der Waals surface area contributed by atoms with Gasteiger partial charge in [-0.3, -0.25) is 13.9 Å². The highest BCUT2D eigenvalue weighted by Gasteiger charge is 2.18. The summed E-state index contributed by atoms with van der Waals surface area (Å²) in [6, 6.07) is 1.79. The largest absolute Gasteiger partial charge is 0.376 e. The van der Waals surface area contributed by atoms with Crippen molar-refractivity contribution in [2.45, 2.75) is 25.5 Å². The van der Waals surface area contributed by atoms with Crippen LogP contribution in [0.15, 0.2) is 15.8 Å². The third-order valence-corrected chi connectivity index (χ3v) is 2.90. The summed E-state index contributed by atoms with van der Waals surface area (Å²) in [5, 5.41) is 8.81. The van der Waals surface area contributed by atoms with Crippen molar-refractivity contribution < 1.29 is 4.74 Å². The van der Waals surface area contributed by atoms with Gasteiger partial charge in [-0.15, -0.1) is 0 Å². The third kappa shape index (κ3) is 2.15. The first kappa shape index (κ1) is 11.6. The molecule has 0 bridgehead atoms. The fourth-order valence-electron chi connectivity index (χ4n) is 1.94. The summed E-state index contributed by atoms with van der Waals surface area (Å²) in [5.41, 5.74) is -0.990. The predicted octanol–water partition coefficient (Wildman–Crippen LogP) is -0.402. The van der Waals surface area contributed by atoms with Crippen molar-refractivity contribution >= 4 is 0 Å². The number of nitriles is 1. The van der Waals surface area contributed by atoms with Gasteiger partial charge in [0, 0.05) is 19.9 Å². The Balaban J connectivity index is 2.40. The first-order chi connectivity index (χ1) is 8.13. The Bertz CT molecular complexity index is 573. The maximum atomic E-state index is 11.8. The third-order valence-electron chi connectivity index (χ3n) is 2.90. The zero-order valence-corrected chi connectivity index (χ0v) is 9.55. The van der Waals surface area contributed by atoms with Crippen molar-refractivity contribution in [3.8, 4) is 6.07 Å². The molecule has 2 heterocycles. The van der Waals surface area contributed by atoms with Gasteiger partial charge in [-0.1, -0.05) is 0 Å². The summed E-state index contributed by atoms with van der Waals surface area (Å²) in [6.45, 7) is 1.10. The van der Waals surface area contributed by atoms with Crippen molar-refractivity contribution in [3.05, 3.63) is 32.6 Å². The molecule has 0 aliphatic carbocycles. The molecule has 17 heavy (non-hydrogen) atoms. The lowest BCUT2D eigenvalue weighted by molar-refractivity contribution is 0.0954. The van der Waals surface area contributed by atoms with Crippen LogP contribution in [0.3, 0.4) is 0 Å². The standard InChI is InChI=1S/C11H13N3O3/c1-13-10(15)8(5-12)6-14(11(13)16)7-9-3-2-4-17-9/h6,9H,2-4,7H2,1H3/t9-/m1/s1. The summed E-state index contributed by atoms with van der Waals surface area (Å²) >= 11 is 0. The molecule has 1 aliphatic rings. The molecular weight excluding hydrogens is 222 g/mol. The van der Waals surface area contributed by atoms with Gasteiger partial charge in [0.2, 0.25) is 0 Å². The van der Waals surface area contributed by atoms with Gasteiger partial charge in [0.15, 0.2) is 0 Å². The van der Waals surface area contributed by atoms with Crippen LogP contribution in [0.5, 0.6) is 0 Å². The summed E-state index contributed by atoms with van der Waals surface area (Å²) < 4.78 is 7.75. The van der Waals surface area contributed by atoms with E-state index in [1.807, 2.05) is 0 Å². The van der Waals surface area contributed by atoms with E-state index in [1.165, 1.54) is 17.8 Å². The minimum absolute atomic E-state index is 0.00301. The fourth-order valence-corrected chi connectivity index (χ4v) is 1.94. The van der Waals surface area contributed by atoms with Gasteiger partial charge in [-0.25, -0.2) is 4.79 Å². The highest BCUT2D eigenvalue weighted by Crippen LogP contribution is 2.12. The van der Waals surface area contributed by atoms with Crippen LogP contribution >= 0.6 is 0 Å². The van der Waals surface area contributed by atoms with E-state index in [1.54, 1.807) is 6.07 Å². The molecule has 1 aromatic rings. The first-order valence-electron chi connectivity index (χ1n) is 5.45. The van der Waals surface area contributed by atoms with Crippen LogP contribution in [0.4, 0.5) is 0 Å². The van der Waals surface area contributed by atoms with Gasteiger partial charge in [-0.2, -0.15) is 5.26 Å². The molecule has 0 saturated carbocycles. The second-order valence-corrected chi connectivity index (χ2v) is 4.09. The number of hydrogen-bond donors (Lipinski definition) is 0. The topological polar surface area (TPSA) is 77.0 Å². The van der Waals surface area contributed by atoms with Gasteiger partial charge < -0.3 is 4.74 Å². The lowest BCUT2D eigenvalue weighted by atomic mass is 10.2. The number of ether oxygens (including phenoxy) is 1. The number of rotatable bonds is 2. The van der Waals surface area contributed by atoms with Gasteiger partial charge in [-0.05, 0) is 12.8 Å². The Hall–Kier alpha value is -1.87. The molecular formula is C11H13N3O3. The maximum Gasteiger partial charge on any atom is 0.330 e. The van der Waals surface area contributed by atoms with E-state index >= 15 is 0 Å². The van der Waals surface area contributed by atoms with Crippen LogP contribution in [-0.4, -0.2) is 21.8 Å². The minimum atomic E-state index is -0.555. The van der Waals surface area contributed by atoms with E-state index in [-0.39, 0.29) is 11.7 Å². The van der Waals surface area contributed by atoms with Gasteiger partial charge >= 0.3 is 5.69 Å². The lowest BCUT2D eigenvalue weighted by Crippen LogP contribution is -2.40. The van der Waals surface area contributed by atoms with Crippen LogP contribution in [0, 0.1) is 11.3 Å². The number of hydrogen-bond acceptors (Lipinski definition) is 4. The Kier molecular flexibility index (Phi) is 3.11. The van der Waals surface area contributed by atoms with Crippen molar-refractivity contribution in [2.24, 2.45) is 7.05 Å². The van der Waals surface area contributed by atoms with Gasteiger partial charge in [0.05, 0.1) is 12.6 Å². The molecule has 6 heteroatoms. The molecule has 0 amide bonds. The quantitative estimate of drug-likeness (QED) is 0.698. The van der Waals surface area contributed by atoms with Crippen molar-refractivity contribution in [1.82, 2.24) is 9.13 Å². The SMILES string of the molecule is Cn1c(=O)c(C#N)cn(C[C@H]2CCCO2)c1=O. The summed E-state index contributed by atoms with van der Waals surface area (Å²) in [7, 11) is 1.37. The average Bonchev–Trinajstić information content (AvgIpc) is 2.83. The van der Waals surface area contributed by atoms with Crippen LogP contribution in [-0.2, 0) is 18.3 Å². The molecule has 6 nitrogen and oxygen atoms in total. The highest BCUT2D eigenvalue weighted by atomic mass is 16.5. The molecule has 1 aliphatic heterocycles. The van der Waals surface area contributed by atoms with E-state index in [9.17, 15) is 9.59 Å². The second kappa shape index (κ2) is 4.55. The molecule has 0 radical (unpaired) electrons. The maximum absolute atomic E-state index is 11.8. The molecule has 1 saturated heterocycles. The van der Waals surface area contributed by atoms with Crippen molar-refractivity contribution in [1.29, 1.82) is 5.26 Å². The molecule has 0 aromatic carbocycles. The van der Waals surface area contributed by atoms with Gasteiger partial charge in [0.25, 0.3) is 5.56 Å². The van der Waals surface area contributed by atoms with Crippen LogP contribution in [0.25, 0.3) is 0 Å².